The van der Waals surface area contributed by atoms with Gasteiger partial charge < -0.3 is 20.1 Å². The Kier molecular flexibility index (Phi) is 4.76. The molecule has 3 aromatic rings. The number of fused-ring (bicyclic) bond motifs is 1. The Morgan fingerprint density at radius 3 is 3.04 bits per heavy atom. The summed E-state index contributed by atoms with van der Waals surface area (Å²) in [7, 11) is 1.54. The van der Waals surface area contributed by atoms with Crippen LogP contribution in [0.2, 0.25) is 0 Å². The molecule has 0 amide bonds. The predicted molar refractivity (Wildman–Crippen MR) is 100 cm³/mol. The highest BCUT2D eigenvalue weighted by atomic mass is 16.5. The van der Waals surface area contributed by atoms with E-state index in [0.29, 0.717) is 28.7 Å². The fourth-order valence-electron chi connectivity index (χ4n) is 3.79. The van der Waals surface area contributed by atoms with Crippen LogP contribution in [0.15, 0.2) is 29.3 Å². The Morgan fingerprint density at radius 1 is 1.37 bits per heavy atom. The van der Waals surface area contributed by atoms with Gasteiger partial charge >= 0.3 is 5.69 Å². The molecule has 0 bridgehead atoms. The van der Waals surface area contributed by atoms with Crippen molar-refractivity contribution < 1.29 is 9.84 Å². The van der Waals surface area contributed by atoms with Crippen molar-refractivity contribution in [2.75, 3.05) is 19.0 Å². The number of nitrogens with zero attached hydrogens (tertiary/aromatic N) is 4. The van der Waals surface area contributed by atoms with Crippen molar-refractivity contribution >= 4 is 22.8 Å². The van der Waals surface area contributed by atoms with Crippen LogP contribution in [0, 0.1) is 5.92 Å². The topological polar surface area (TPSA) is 118 Å². The molecule has 1 aliphatic carbocycles. The zero-order chi connectivity index (χ0) is 18.8. The highest BCUT2D eigenvalue weighted by molar-refractivity contribution is 5.72. The third-order valence-corrected chi connectivity index (χ3v) is 5.10. The standard InChI is InChI=1S/C18H22N6O3/c1-27-16-12(6-4-8-19-16)21-17-20-9-13-15(23-17)24(18(26)22-13)14-7-3-2-5-11(14)10-25/h4,6,8-9,11,14,25H,2-3,5,7,10H2,1H3,(H,22,26)(H,20,21,23)/t11-,14-/m1/s1. The van der Waals surface area contributed by atoms with Crippen LogP contribution in [0.25, 0.3) is 11.2 Å². The van der Waals surface area contributed by atoms with Crippen molar-refractivity contribution in [3.8, 4) is 5.88 Å². The molecule has 9 nitrogen and oxygen atoms in total. The number of aliphatic hydroxyl groups is 1. The second-order valence-electron chi connectivity index (χ2n) is 6.71. The van der Waals surface area contributed by atoms with Gasteiger partial charge in [-0.3, -0.25) is 4.57 Å². The van der Waals surface area contributed by atoms with Gasteiger partial charge in [0.25, 0.3) is 0 Å². The van der Waals surface area contributed by atoms with Gasteiger partial charge in [-0.1, -0.05) is 12.8 Å². The van der Waals surface area contributed by atoms with Crippen LogP contribution >= 0.6 is 0 Å². The first-order valence-electron chi connectivity index (χ1n) is 9.05. The van der Waals surface area contributed by atoms with Crippen molar-refractivity contribution in [1.29, 1.82) is 0 Å². The quantitative estimate of drug-likeness (QED) is 0.628. The normalized spacial score (nSPS) is 19.9. The Morgan fingerprint density at radius 2 is 2.22 bits per heavy atom. The van der Waals surface area contributed by atoms with E-state index in [9.17, 15) is 9.90 Å². The first kappa shape index (κ1) is 17.5. The third-order valence-electron chi connectivity index (χ3n) is 5.10. The minimum atomic E-state index is -0.222. The largest absolute Gasteiger partial charge is 0.480 e. The van der Waals surface area contributed by atoms with Crippen LogP contribution in [-0.4, -0.2) is 43.3 Å². The lowest BCUT2D eigenvalue weighted by molar-refractivity contribution is 0.139. The SMILES string of the molecule is COc1ncccc1Nc1ncc2[nH]c(=O)n([C@@H]3CCCC[C@@H]3CO)c2n1. The van der Waals surface area contributed by atoms with Crippen molar-refractivity contribution in [1.82, 2.24) is 24.5 Å². The number of methoxy groups -OCH3 is 1. The van der Waals surface area contributed by atoms with Gasteiger partial charge in [-0.2, -0.15) is 4.98 Å². The fourth-order valence-corrected chi connectivity index (χ4v) is 3.79. The zero-order valence-corrected chi connectivity index (χ0v) is 15.1. The first-order chi connectivity index (χ1) is 13.2. The number of aromatic nitrogens is 5. The highest BCUT2D eigenvalue weighted by Gasteiger charge is 2.29. The number of anilines is 2. The average molecular weight is 370 g/mol. The third kappa shape index (κ3) is 3.25. The maximum absolute atomic E-state index is 12.6. The summed E-state index contributed by atoms with van der Waals surface area (Å²) < 4.78 is 6.91. The molecule has 0 aliphatic heterocycles. The monoisotopic (exact) mass is 370 g/mol. The molecule has 0 spiro atoms. The summed E-state index contributed by atoms with van der Waals surface area (Å²) in [6.45, 7) is 0.0624. The summed E-state index contributed by atoms with van der Waals surface area (Å²) in [6.07, 6.45) is 7.08. The molecule has 1 saturated carbocycles. The number of rotatable bonds is 5. The van der Waals surface area contributed by atoms with E-state index in [1.807, 2.05) is 6.07 Å². The van der Waals surface area contributed by atoms with Crippen LogP contribution < -0.4 is 15.7 Å². The lowest BCUT2D eigenvalue weighted by atomic mass is 9.85. The van der Waals surface area contributed by atoms with E-state index in [4.69, 9.17) is 4.74 Å². The second-order valence-corrected chi connectivity index (χ2v) is 6.71. The lowest BCUT2D eigenvalue weighted by Crippen LogP contribution is -2.32. The Balaban J connectivity index is 1.74. The van der Waals surface area contributed by atoms with Crippen LogP contribution in [-0.2, 0) is 0 Å². The molecule has 3 heterocycles. The summed E-state index contributed by atoms with van der Waals surface area (Å²) in [5.41, 5.74) is 1.52. The molecular weight excluding hydrogens is 348 g/mol. The first-order valence-corrected chi connectivity index (χ1v) is 9.05. The van der Waals surface area contributed by atoms with Crippen molar-refractivity contribution in [2.24, 2.45) is 5.92 Å². The molecule has 1 aliphatic rings. The molecular formula is C18H22N6O3. The van der Waals surface area contributed by atoms with E-state index >= 15 is 0 Å². The molecule has 0 aromatic carbocycles. The van der Waals surface area contributed by atoms with Crippen LogP contribution in [0.5, 0.6) is 5.88 Å². The molecule has 3 N–H and O–H groups in total. The summed E-state index contributed by atoms with van der Waals surface area (Å²) in [5, 5.41) is 12.8. The summed E-state index contributed by atoms with van der Waals surface area (Å²) in [5.74, 6) is 0.832. The zero-order valence-electron chi connectivity index (χ0n) is 15.1. The van der Waals surface area contributed by atoms with Gasteiger partial charge in [0.05, 0.1) is 13.3 Å². The molecule has 0 radical (unpaired) electrons. The predicted octanol–water partition coefficient (Wildman–Crippen LogP) is 1.99. The molecule has 27 heavy (non-hydrogen) atoms. The smallest absolute Gasteiger partial charge is 0.327 e. The number of H-pyrrole nitrogens is 1. The van der Waals surface area contributed by atoms with Gasteiger partial charge in [0, 0.05) is 24.8 Å². The number of pyridine rings is 1. The second kappa shape index (κ2) is 7.36. The number of aliphatic hydroxyl groups excluding tert-OH is 1. The lowest BCUT2D eigenvalue weighted by Gasteiger charge is -2.30. The Hall–Kier alpha value is -2.94. The number of hydrogen-bond acceptors (Lipinski definition) is 7. The number of aromatic amines is 1. The minimum Gasteiger partial charge on any atom is -0.480 e. The molecule has 4 rings (SSSR count). The molecule has 1 fully saturated rings. The van der Waals surface area contributed by atoms with Crippen LogP contribution in [0.4, 0.5) is 11.6 Å². The van der Waals surface area contributed by atoms with Crippen molar-refractivity contribution in [3.63, 3.8) is 0 Å². The van der Waals surface area contributed by atoms with E-state index in [2.05, 4.69) is 25.3 Å². The minimum absolute atomic E-state index is 0.0558. The van der Waals surface area contributed by atoms with Gasteiger partial charge in [0.15, 0.2) is 5.65 Å². The number of ether oxygens (including phenoxy) is 1. The summed E-state index contributed by atoms with van der Waals surface area (Å²) >= 11 is 0. The molecule has 3 aromatic heterocycles. The molecule has 0 saturated heterocycles. The van der Waals surface area contributed by atoms with E-state index in [1.54, 1.807) is 30.1 Å². The number of nitrogens with one attached hydrogen (secondary N) is 2. The van der Waals surface area contributed by atoms with Gasteiger partial charge in [0.1, 0.15) is 11.2 Å². The summed E-state index contributed by atoms with van der Waals surface area (Å²) in [6, 6.07) is 3.52. The molecule has 0 unspecified atom stereocenters. The van der Waals surface area contributed by atoms with Crippen LogP contribution in [0.1, 0.15) is 31.7 Å². The van der Waals surface area contributed by atoms with Gasteiger partial charge in [-0.15, -0.1) is 0 Å². The molecule has 9 heteroatoms. The average Bonchev–Trinajstić information content (AvgIpc) is 3.03. The maximum atomic E-state index is 12.6. The summed E-state index contributed by atoms with van der Waals surface area (Å²) in [4.78, 5) is 28.4. The Labute approximate surface area is 155 Å². The van der Waals surface area contributed by atoms with Gasteiger partial charge in [-0.25, -0.2) is 14.8 Å². The van der Waals surface area contributed by atoms with E-state index in [1.165, 1.54) is 0 Å². The van der Waals surface area contributed by atoms with E-state index in [0.717, 1.165) is 25.7 Å². The number of hydrogen-bond donors (Lipinski definition) is 3. The molecule has 2 atom stereocenters. The Bertz CT molecular complexity index is 998. The van der Waals surface area contributed by atoms with Gasteiger partial charge in [-0.05, 0) is 25.0 Å². The fraction of sp³-hybridized carbons (Fsp3) is 0.444. The number of imidazole rings is 1. The van der Waals surface area contributed by atoms with Crippen molar-refractivity contribution in [3.05, 3.63) is 35.0 Å². The molecule has 142 valence electrons. The highest BCUT2D eigenvalue weighted by Crippen LogP contribution is 2.34. The van der Waals surface area contributed by atoms with E-state index in [-0.39, 0.29) is 24.3 Å². The maximum Gasteiger partial charge on any atom is 0.327 e. The van der Waals surface area contributed by atoms with E-state index < -0.39 is 0 Å². The van der Waals surface area contributed by atoms with Crippen LogP contribution in [0.3, 0.4) is 0 Å². The van der Waals surface area contributed by atoms with Gasteiger partial charge in [0.2, 0.25) is 11.8 Å². The van der Waals surface area contributed by atoms with Crippen molar-refractivity contribution in [2.45, 2.75) is 31.7 Å².